The molecule has 0 unspecified atom stereocenters. The molecule has 21 heavy (non-hydrogen) atoms. The van der Waals surface area contributed by atoms with E-state index >= 15 is 0 Å². The first-order valence-corrected chi connectivity index (χ1v) is 7.48. The zero-order valence-electron chi connectivity index (χ0n) is 13.0. The Balaban J connectivity index is 2.28. The number of methoxy groups -OCH3 is 1. The normalized spacial score (nSPS) is 12.9. The van der Waals surface area contributed by atoms with Crippen LogP contribution in [0.5, 0.6) is 17.2 Å². The van der Waals surface area contributed by atoms with Crippen molar-refractivity contribution in [2.45, 2.75) is 26.7 Å². The average molecular weight is 293 g/mol. The van der Waals surface area contributed by atoms with Crippen LogP contribution in [-0.4, -0.2) is 44.2 Å². The fourth-order valence-corrected chi connectivity index (χ4v) is 2.33. The number of amides is 1. The Hall–Kier alpha value is -1.91. The van der Waals surface area contributed by atoms with Crippen LogP contribution < -0.4 is 14.2 Å². The molecular formula is C16H23NO4. The Morgan fingerprint density at radius 1 is 1.29 bits per heavy atom. The molecule has 0 bridgehead atoms. The van der Waals surface area contributed by atoms with Gasteiger partial charge in [-0.25, -0.2) is 0 Å². The SMILES string of the molecule is CCCCN(CC)C(=O)c1cc(OC)c2c(c1)OCCO2. The first kappa shape index (κ1) is 15.5. The van der Waals surface area contributed by atoms with Gasteiger partial charge in [-0.2, -0.15) is 0 Å². The van der Waals surface area contributed by atoms with Gasteiger partial charge < -0.3 is 19.1 Å². The molecule has 0 N–H and O–H groups in total. The number of rotatable bonds is 6. The largest absolute Gasteiger partial charge is 0.493 e. The van der Waals surface area contributed by atoms with Gasteiger partial charge in [-0.15, -0.1) is 0 Å². The number of benzene rings is 1. The molecule has 2 rings (SSSR count). The van der Waals surface area contributed by atoms with E-state index in [-0.39, 0.29) is 5.91 Å². The van der Waals surface area contributed by atoms with Gasteiger partial charge in [-0.3, -0.25) is 4.79 Å². The summed E-state index contributed by atoms with van der Waals surface area (Å²) in [6, 6.07) is 3.47. The van der Waals surface area contributed by atoms with Crippen molar-refractivity contribution in [3.63, 3.8) is 0 Å². The number of nitrogens with zero attached hydrogens (tertiary/aromatic N) is 1. The molecule has 1 aliphatic heterocycles. The average Bonchev–Trinajstić information content (AvgIpc) is 2.54. The predicted molar refractivity (Wildman–Crippen MR) is 80.5 cm³/mol. The van der Waals surface area contributed by atoms with E-state index < -0.39 is 0 Å². The fraction of sp³-hybridized carbons (Fsp3) is 0.562. The molecule has 5 nitrogen and oxygen atoms in total. The quantitative estimate of drug-likeness (QED) is 0.809. The van der Waals surface area contributed by atoms with E-state index in [4.69, 9.17) is 14.2 Å². The van der Waals surface area contributed by atoms with Crippen molar-refractivity contribution in [1.82, 2.24) is 4.90 Å². The fourth-order valence-electron chi connectivity index (χ4n) is 2.33. The standard InChI is InChI=1S/C16H23NO4/c1-4-6-7-17(5-2)16(18)12-10-13(19-3)15-14(11-12)20-8-9-21-15/h10-11H,4-9H2,1-3H3. The number of hydrogen-bond acceptors (Lipinski definition) is 4. The maximum absolute atomic E-state index is 12.6. The Labute approximate surface area is 125 Å². The minimum absolute atomic E-state index is 0.00113. The van der Waals surface area contributed by atoms with E-state index in [1.165, 1.54) is 0 Å². The van der Waals surface area contributed by atoms with E-state index in [1.807, 2.05) is 11.8 Å². The Bertz CT molecular complexity index is 484. The summed E-state index contributed by atoms with van der Waals surface area (Å²) in [5.41, 5.74) is 0.578. The van der Waals surface area contributed by atoms with Gasteiger partial charge in [0, 0.05) is 18.7 Å². The van der Waals surface area contributed by atoms with Crippen LogP contribution in [-0.2, 0) is 0 Å². The Morgan fingerprint density at radius 3 is 2.71 bits per heavy atom. The summed E-state index contributed by atoms with van der Waals surface area (Å²) in [4.78, 5) is 14.5. The Morgan fingerprint density at radius 2 is 2.05 bits per heavy atom. The molecule has 0 radical (unpaired) electrons. The third-order valence-corrected chi connectivity index (χ3v) is 3.53. The van der Waals surface area contributed by atoms with Crippen molar-refractivity contribution in [1.29, 1.82) is 0 Å². The second kappa shape index (κ2) is 7.20. The Kier molecular flexibility index (Phi) is 5.31. The van der Waals surface area contributed by atoms with Gasteiger partial charge in [0.25, 0.3) is 5.91 Å². The summed E-state index contributed by atoms with van der Waals surface area (Å²) >= 11 is 0. The van der Waals surface area contributed by atoms with Crippen LogP contribution in [0.1, 0.15) is 37.0 Å². The van der Waals surface area contributed by atoms with E-state index in [0.29, 0.717) is 42.6 Å². The molecule has 0 aliphatic carbocycles. The van der Waals surface area contributed by atoms with Crippen LogP contribution in [0.4, 0.5) is 0 Å². The molecular weight excluding hydrogens is 270 g/mol. The van der Waals surface area contributed by atoms with E-state index in [2.05, 4.69) is 6.92 Å². The van der Waals surface area contributed by atoms with Crippen LogP contribution in [0.2, 0.25) is 0 Å². The van der Waals surface area contributed by atoms with Crippen LogP contribution in [0, 0.1) is 0 Å². The number of hydrogen-bond donors (Lipinski definition) is 0. The lowest BCUT2D eigenvalue weighted by molar-refractivity contribution is 0.0760. The second-order valence-corrected chi connectivity index (χ2v) is 4.94. The predicted octanol–water partition coefficient (Wildman–Crippen LogP) is 2.73. The van der Waals surface area contributed by atoms with Crippen molar-refractivity contribution in [2.24, 2.45) is 0 Å². The van der Waals surface area contributed by atoms with Gasteiger partial charge in [-0.05, 0) is 25.5 Å². The minimum Gasteiger partial charge on any atom is -0.493 e. The van der Waals surface area contributed by atoms with E-state index in [9.17, 15) is 4.79 Å². The molecule has 0 saturated carbocycles. The van der Waals surface area contributed by atoms with Crippen molar-refractivity contribution < 1.29 is 19.0 Å². The molecule has 116 valence electrons. The van der Waals surface area contributed by atoms with E-state index in [0.717, 1.165) is 19.4 Å². The van der Waals surface area contributed by atoms with Crippen molar-refractivity contribution >= 4 is 5.91 Å². The van der Waals surface area contributed by atoms with Gasteiger partial charge in [-0.1, -0.05) is 13.3 Å². The number of fused-ring (bicyclic) bond motifs is 1. The monoisotopic (exact) mass is 293 g/mol. The van der Waals surface area contributed by atoms with Gasteiger partial charge >= 0.3 is 0 Å². The summed E-state index contributed by atoms with van der Waals surface area (Å²) in [6.07, 6.45) is 2.06. The van der Waals surface area contributed by atoms with Crippen LogP contribution in [0.25, 0.3) is 0 Å². The van der Waals surface area contributed by atoms with E-state index in [1.54, 1.807) is 19.2 Å². The lowest BCUT2D eigenvalue weighted by atomic mass is 10.1. The smallest absolute Gasteiger partial charge is 0.254 e. The maximum Gasteiger partial charge on any atom is 0.254 e. The van der Waals surface area contributed by atoms with Crippen molar-refractivity contribution in [3.8, 4) is 17.2 Å². The molecule has 1 amide bonds. The van der Waals surface area contributed by atoms with Crippen molar-refractivity contribution in [3.05, 3.63) is 17.7 Å². The summed E-state index contributed by atoms with van der Waals surface area (Å²) in [6.45, 7) is 6.54. The van der Waals surface area contributed by atoms with Crippen LogP contribution in [0.15, 0.2) is 12.1 Å². The summed E-state index contributed by atoms with van der Waals surface area (Å²) in [7, 11) is 1.57. The summed E-state index contributed by atoms with van der Waals surface area (Å²) in [5.74, 6) is 1.70. The summed E-state index contributed by atoms with van der Waals surface area (Å²) < 4.78 is 16.5. The van der Waals surface area contributed by atoms with Gasteiger partial charge in [0.05, 0.1) is 7.11 Å². The topological polar surface area (TPSA) is 48.0 Å². The number of carbonyl (C=O) groups is 1. The molecule has 0 atom stereocenters. The molecule has 5 heteroatoms. The molecule has 1 aliphatic rings. The van der Waals surface area contributed by atoms with Crippen molar-refractivity contribution in [2.75, 3.05) is 33.4 Å². The molecule has 1 aromatic rings. The van der Waals surface area contributed by atoms with Crippen LogP contribution >= 0.6 is 0 Å². The van der Waals surface area contributed by atoms with Gasteiger partial charge in [0.15, 0.2) is 11.5 Å². The molecule has 1 heterocycles. The number of carbonyl (C=O) groups excluding carboxylic acids is 1. The first-order chi connectivity index (χ1) is 10.2. The minimum atomic E-state index is 0.00113. The lowest BCUT2D eigenvalue weighted by Crippen LogP contribution is -2.32. The van der Waals surface area contributed by atoms with Gasteiger partial charge in [0.2, 0.25) is 5.75 Å². The second-order valence-electron chi connectivity index (χ2n) is 4.94. The highest BCUT2D eigenvalue weighted by Gasteiger charge is 2.22. The number of unbranched alkanes of at least 4 members (excludes halogenated alkanes) is 1. The highest BCUT2D eigenvalue weighted by atomic mass is 16.6. The van der Waals surface area contributed by atoms with Gasteiger partial charge in [0.1, 0.15) is 13.2 Å². The third kappa shape index (κ3) is 3.40. The molecule has 1 aromatic carbocycles. The third-order valence-electron chi connectivity index (χ3n) is 3.53. The summed E-state index contributed by atoms with van der Waals surface area (Å²) in [5, 5.41) is 0. The molecule has 0 aromatic heterocycles. The first-order valence-electron chi connectivity index (χ1n) is 7.48. The highest BCUT2D eigenvalue weighted by Crippen LogP contribution is 2.40. The van der Waals surface area contributed by atoms with Crippen LogP contribution in [0.3, 0.4) is 0 Å². The molecule has 0 spiro atoms. The highest BCUT2D eigenvalue weighted by molar-refractivity contribution is 5.95. The zero-order valence-corrected chi connectivity index (χ0v) is 13.0. The lowest BCUT2D eigenvalue weighted by Gasteiger charge is -2.24. The molecule has 0 fully saturated rings. The zero-order chi connectivity index (χ0) is 15.2. The maximum atomic E-state index is 12.6. The molecule has 0 saturated heterocycles. The number of ether oxygens (including phenoxy) is 3.